The van der Waals surface area contributed by atoms with Gasteiger partial charge in [0.25, 0.3) is 0 Å². The Morgan fingerprint density at radius 1 is 0.947 bits per heavy atom. The molecule has 0 spiro atoms. The first kappa shape index (κ1) is 12.0. The molecule has 94 valence electrons. The second-order valence-corrected chi connectivity index (χ2v) is 4.49. The van der Waals surface area contributed by atoms with Gasteiger partial charge in [-0.25, -0.2) is 19.3 Å². The molecule has 2 heterocycles. The van der Waals surface area contributed by atoms with E-state index in [1.54, 1.807) is 19.1 Å². The maximum Gasteiger partial charge on any atom is 0.159 e. The van der Waals surface area contributed by atoms with Crippen LogP contribution in [0.2, 0.25) is 5.15 Å². The molecule has 3 aromatic rings. The molecule has 0 atom stereocenters. The number of aryl methyl sites for hydroxylation is 1. The molecule has 0 N–H and O–H groups in total. The summed E-state index contributed by atoms with van der Waals surface area (Å²) in [6, 6.07) is 9.81. The summed E-state index contributed by atoms with van der Waals surface area (Å²) in [4.78, 5) is 12.8. The SMILES string of the molecule is Cc1nc(Cl)c2nc(-c3ccc(F)cc3)ccc2n1. The van der Waals surface area contributed by atoms with Crippen LogP contribution in [0.1, 0.15) is 5.82 Å². The zero-order valence-corrected chi connectivity index (χ0v) is 10.8. The Labute approximate surface area is 114 Å². The fourth-order valence-electron chi connectivity index (χ4n) is 1.87. The molecule has 0 bridgehead atoms. The lowest BCUT2D eigenvalue weighted by atomic mass is 10.1. The van der Waals surface area contributed by atoms with E-state index in [1.807, 2.05) is 12.1 Å². The smallest absolute Gasteiger partial charge is 0.159 e. The van der Waals surface area contributed by atoms with Crippen LogP contribution in [-0.4, -0.2) is 15.0 Å². The average molecular weight is 274 g/mol. The number of pyridine rings is 1. The van der Waals surface area contributed by atoms with Crippen molar-refractivity contribution in [3.05, 3.63) is 53.2 Å². The number of rotatable bonds is 1. The lowest BCUT2D eigenvalue weighted by Gasteiger charge is -2.04. The molecule has 0 saturated heterocycles. The molecule has 0 saturated carbocycles. The van der Waals surface area contributed by atoms with Gasteiger partial charge in [-0.05, 0) is 43.3 Å². The van der Waals surface area contributed by atoms with Gasteiger partial charge in [0.2, 0.25) is 0 Å². The highest BCUT2D eigenvalue weighted by atomic mass is 35.5. The van der Waals surface area contributed by atoms with Gasteiger partial charge in [-0.1, -0.05) is 11.6 Å². The fourth-order valence-corrected chi connectivity index (χ4v) is 2.13. The van der Waals surface area contributed by atoms with Crippen LogP contribution in [0.5, 0.6) is 0 Å². The van der Waals surface area contributed by atoms with Crippen molar-refractivity contribution in [2.24, 2.45) is 0 Å². The standard InChI is InChI=1S/C14H9ClFN3/c1-8-17-12-7-6-11(19-13(12)14(15)18-8)9-2-4-10(16)5-3-9/h2-7H,1H3. The predicted molar refractivity (Wildman–Crippen MR) is 72.5 cm³/mol. The summed E-state index contributed by atoms with van der Waals surface area (Å²) in [5, 5.41) is 0.325. The molecule has 0 fully saturated rings. The minimum atomic E-state index is -0.276. The molecule has 0 amide bonds. The van der Waals surface area contributed by atoms with Crippen LogP contribution in [-0.2, 0) is 0 Å². The Morgan fingerprint density at radius 3 is 2.42 bits per heavy atom. The second-order valence-electron chi connectivity index (χ2n) is 4.13. The quantitative estimate of drug-likeness (QED) is 0.633. The lowest BCUT2D eigenvalue weighted by Crippen LogP contribution is -1.94. The molecular weight excluding hydrogens is 265 g/mol. The van der Waals surface area contributed by atoms with E-state index < -0.39 is 0 Å². The van der Waals surface area contributed by atoms with Crippen molar-refractivity contribution in [1.82, 2.24) is 15.0 Å². The summed E-state index contributed by atoms with van der Waals surface area (Å²) in [6.07, 6.45) is 0. The molecule has 3 nitrogen and oxygen atoms in total. The number of hydrogen-bond donors (Lipinski definition) is 0. The zero-order chi connectivity index (χ0) is 13.4. The van der Waals surface area contributed by atoms with Crippen LogP contribution in [0.15, 0.2) is 36.4 Å². The Kier molecular flexibility index (Phi) is 2.87. The number of halogens is 2. The van der Waals surface area contributed by atoms with E-state index in [0.29, 0.717) is 27.7 Å². The van der Waals surface area contributed by atoms with E-state index in [4.69, 9.17) is 11.6 Å². The Bertz CT molecular complexity index is 756. The first-order valence-corrected chi connectivity index (χ1v) is 6.08. The van der Waals surface area contributed by atoms with E-state index >= 15 is 0 Å². The third-order valence-corrected chi connectivity index (χ3v) is 3.02. The number of hydrogen-bond acceptors (Lipinski definition) is 3. The summed E-state index contributed by atoms with van der Waals surface area (Å²) >= 11 is 6.07. The molecule has 5 heteroatoms. The van der Waals surface area contributed by atoms with Gasteiger partial charge in [0, 0.05) is 5.56 Å². The molecule has 0 aliphatic carbocycles. The molecule has 19 heavy (non-hydrogen) atoms. The van der Waals surface area contributed by atoms with Gasteiger partial charge in [-0.15, -0.1) is 0 Å². The maximum absolute atomic E-state index is 12.9. The minimum Gasteiger partial charge on any atom is -0.243 e. The summed E-state index contributed by atoms with van der Waals surface area (Å²) in [6.45, 7) is 1.78. The first-order chi connectivity index (χ1) is 9.13. The molecule has 0 aliphatic heterocycles. The van der Waals surface area contributed by atoms with Crippen molar-refractivity contribution in [1.29, 1.82) is 0 Å². The van der Waals surface area contributed by atoms with Crippen molar-refractivity contribution < 1.29 is 4.39 Å². The molecular formula is C14H9ClFN3. The highest BCUT2D eigenvalue weighted by Gasteiger charge is 2.07. The predicted octanol–water partition coefficient (Wildman–Crippen LogP) is 3.79. The van der Waals surface area contributed by atoms with Crippen molar-refractivity contribution in [3.63, 3.8) is 0 Å². The highest BCUT2D eigenvalue weighted by molar-refractivity contribution is 6.33. The van der Waals surface area contributed by atoms with Gasteiger partial charge in [0.1, 0.15) is 17.2 Å². The highest BCUT2D eigenvalue weighted by Crippen LogP contribution is 2.23. The number of benzene rings is 1. The van der Waals surface area contributed by atoms with Gasteiger partial charge in [0.15, 0.2) is 5.15 Å². The van der Waals surface area contributed by atoms with Gasteiger partial charge in [-0.2, -0.15) is 0 Å². The monoisotopic (exact) mass is 273 g/mol. The van der Waals surface area contributed by atoms with Crippen LogP contribution in [0.3, 0.4) is 0 Å². The number of nitrogens with zero attached hydrogens (tertiary/aromatic N) is 3. The maximum atomic E-state index is 12.9. The lowest BCUT2D eigenvalue weighted by molar-refractivity contribution is 0.628. The van der Waals surface area contributed by atoms with Crippen molar-refractivity contribution >= 4 is 22.6 Å². The minimum absolute atomic E-state index is 0.276. The largest absolute Gasteiger partial charge is 0.243 e. The van der Waals surface area contributed by atoms with Gasteiger partial charge in [0.05, 0.1) is 11.2 Å². The summed E-state index contributed by atoms with van der Waals surface area (Å²) in [5.41, 5.74) is 2.78. The summed E-state index contributed by atoms with van der Waals surface area (Å²) in [7, 11) is 0. The topological polar surface area (TPSA) is 38.7 Å². The van der Waals surface area contributed by atoms with Crippen LogP contribution in [0.4, 0.5) is 4.39 Å². The van der Waals surface area contributed by atoms with E-state index in [0.717, 1.165) is 5.56 Å². The van der Waals surface area contributed by atoms with Crippen LogP contribution in [0, 0.1) is 12.7 Å². The molecule has 0 radical (unpaired) electrons. The third kappa shape index (κ3) is 2.27. The van der Waals surface area contributed by atoms with Crippen molar-refractivity contribution in [3.8, 4) is 11.3 Å². The Balaban J connectivity index is 2.19. The molecule has 1 aromatic carbocycles. The molecule has 0 aliphatic rings. The third-order valence-electron chi connectivity index (χ3n) is 2.75. The van der Waals surface area contributed by atoms with E-state index in [1.165, 1.54) is 12.1 Å². The van der Waals surface area contributed by atoms with Crippen LogP contribution >= 0.6 is 11.6 Å². The zero-order valence-electron chi connectivity index (χ0n) is 10.1. The second kappa shape index (κ2) is 4.55. The number of aromatic nitrogens is 3. The summed E-state index contributed by atoms with van der Waals surface area (Å²) < 4.78 is 12.9. The average Bonchev–Trinajstić information content (AvgIpc) is 2.39. The fraction of sp³-hybridized carbons (Fsp3) is 0.0714. The summed E-state index contributed by atoms with van der Waals surface area (Å²) in [5.74, 6) is 0.329. The van der Waals surface area contributed by atoms with Crippen LogP contribution < -0.4 is 0 Å². The molecule has 3 rings (SSSR count). The molecule has 0 unspecified atom stereocenters. The van der Waals surface area contributed by atoms with Gasteiger partial charge >= 0.3 is 0 Å². The first-order valence-electron chi connectivity index (χ1n) is 5.70. The normalized spacial score (nSPS) is 10.9. The van der Waals surface area contributed by atoms with Gasteiger partial charge < -0.3 is 0 Å². The Morgan fingerprint density at radius 2 is 1.68 bits per heavy atom. The molecule has 2 aromatic heterocycles. The van der Waals surface area contributed by atoms with E-state index in [9.17, 15) is 4.39 Å². The van der Waals surface area contributed by atoms with Crippen molar-refractivity contribution in [2.75, 3.05) is 0 Å². The Hall–Kier alpha value is -2.07. The van der Waals surface area contributed by atoms with Crippen molar-refractivity contribution in [2.45, 2.75) is 6.92 Å². The number of fused-ring (bicyclic) bond motifs is 1. The van der Waals surface area contributed by atoms with E-state index in [-0.39, 0.29) is 5.82 Å². The van der Waals surface area contributed by atoms with Crippen LogP contribution in [0.25, 0.3) is 22.3 Å². The van der Waals surface area contributed by atoms with E-state index in [2.05, 4.69) is 15.0 Å². The van der Waals surface area contributed by atoms with Gasteiger partial charge in [-0.3, -0.25) is 0 Å².